The number of halogens is 1. The third-order valence-electron chi connectivity index (χ3n) is 3.24. The highest BCUT2D eigenvalue weighted by Gasteiger charge is 2.22. The number of nitrogens with one attached hydrogen (secondary N) is 2. The van der Waals surface area contributed by atoms with Gasteiger partial charge in [0.1, 0.15) is 10.7 Å². The molecule has 0 unspecified atom stereocenters. The van der Waals surface area contributed by atoms with Gasteiger partial charge in [-0.3, -0.25) is 10.1 Å². The number of urea groups is 1. The van der Waals surface area contributed by atoms with Crippen LogP contribution < -0.4 is 10.6 Å². The summed E-state index contributed by atoms with van der Waals surface area (Å²) in [4.78, 5) is 35.6. The van der Waals surface area contributed by atoms with Gasteiger partial charge in [-0.1, -0.05) is 6.07 Å². The van der Waals surface area contributed by atoms with Crippen LogP contribution in [0.1, 0.15) is 29.1 Å². The minimum Gasteiger partial charge on any atom is -0.451 e. The number of carbonyl (C=O) groups excluding carboxylic acids is 3. The van der Waals surface area contributed by atoms with Crippen molar-refractivity contribution in [3.8, 4) is 0 Å². The molecule has 2 N–H and O–H groups in total. The first kappa shape index (κ1) is 19.8. The van der Waals surface area contributed by atoms with E-state index in [2.05, 4.69) is 5.32 Å². The van der Waals surface area contributed by atoms with E-state index in [-0.39, 0.29) is 17.5 Å². The lowest BCUT2D eigenvalue weighted by atomic mass is 10.1. The first-order valence-corrected chi connectivity index (χ1v) is 8.61. The summed E-state index contributed by atoms with van der Waals surface area (Å²) in [6.45, 7) is 2.87. The van der Waals surface area contributed by atoms with E-state index < -0.39 is 30.3 Å². The van der Waals surface area contributed by atoms with Crippen molar-refractivity contribution < 1.29 is 28.2 Å². The maximum absolute atomic E-state index is 14.1. The zero-order valence-corrected chi connectivity index (χ0v) is 15.4. The molecule has 140 valence electrons. The fraction of sp³-hybridized carbons (Fsp3) is 0.353. The molecule has 2 aromatic rings. The maximum atomic E-state index is 14.1. The molecule has 0 atom stereocenters. The quantitative estimate of drug-likeness (QED) is 0.749. The van der Waals surface area contributed by atoms with E-state index in [1.165, 1.54) is 13.2 Å². The number of fused-ring (bicyclic) bond motifs is 1. The second-order valence-electron chi connectivity index (χ2n) is 5.71. The molecule has 0 bridgehead atoms. The van der Waals surface area contributed by atoms with E-state index in [1.54, 1.807) is 26.0 Å². The van der Waals surface area contributed by atoms with E-state index in [1.807, 2.05) is 5.32 Å². The van der Waals surface area contributed by atoms with Crippen molar-refractivity contribution in [2.75, 3.05) is 13.7 Å². The normalized spacial score (nSPS) is 10.8. The van der Waals surface area contributed by atoms with Gasteiger partial charge in [0.05, 0.1) is 6.61 Å². The summed E-state index contributed by atoms with van der Waals surface area (Å²) < 4.78 is 24.7. The molecule has 3 amide bonds. The molecule has 1 aromatic carbocycles. The second-order valence-corrected chi connectivity index (χ2v) is 6.76. The number of carbonyl (C=O) groups is 3. The van der Waals surface area contributed by atoms with Crippen LogP contribution in [0, 0.1) is 5.82 Å². The van der Waals surface area contributed by atoms with E-state index in [0.717, 1.165) is 11.3 Å². The third-order valence-corrected chi connectivity index (χ3v) is 4.42. The van der Waals surface area contributed by atoms with Crippen LogP contribution in [0.15, 0.2) is 18.2 Å². The van der Waals surface area contributed by atoms with Crippen LogP contribution in [-0.4, -0.2) is 37.7 Å². The van der Waals surface area contributed by atoms with Crippen molar-refractivity contribution in [2.45, 2.75) is 26.5 Å². The molecule has 0 aliphatic heterocycles. The van der Waals surface area contributed by atoms with Crippen molar-refractivity contribution in [2.24, 2.45) is 0 Å². The van der Waals surface area contributed by atoms with Crippen LogP contribution in [0.4, 0.5) is 9.18 Å². The standard InChI is InChI=1S/C17H19FN2O5S/c1-9(2)19-17(23)20-13(21)8-25-16(22)15-10(7-24-3)14-11(18)5-4-6-12(14)26-15/h4-6,9H,7-8H2,1-3H3,(H2,19,20,21,23). The molecular formula is C17H19FN2O5S. The van der Waals surface area contributed by atoms with Gasteiger partial charge in [-0.15, -0.1) is 11.3 Å². The Kier molecular flexibility index (Phi) is 6.64. The molecule has 1 heterocycles. The molecule has 7 nitrogen and oxygen atoms in total. The number of benzene rings is 1. The fourth-order valence-corrected chi connectivity index (χ4v) is 3.39. The van der Waals surface area contributed by atoms with Gasteiger partial charge < -0.3 is 14.8 Å². The van der Waals surface area contributed by atoms with E-state index in [0.29, 0.717) is 15.6 Å². The molecule has 1 aromatic heterocycles. The number of rotatable bonds is 6. The van der Waals surface area contributed by atoms with Crippen molar-refractivity contribution in [1.82, 2.24) is 10.6 Å². The monoisotopic (exact) mass is 382 g/mol. The Balaban J connectivity index is 2.10. The topological polar surface area (TPSA) is 93.7 Å². The number of hydrogen-bond acceptors (Lipinski definition) is 6. The van der Waals surface area contributed by atoms with Crippen LogP contribution >= 0.6 is 11.3 Å². The summed E-state index contributed by atoms with van der Waals surface area (Å²) in [5, 5.41) is 4.82. The molecule has 0 radical (unpaired) electrons. The van der Waals surface area contributed by atoms with Gasteiger partial charge in [0.25, 0.3) is 5.91 Å². The van der Waals surface area contributed by atoms with E-state index >= 15 is 0 Å². The fourth-order valence-electron chi connectivity index (χ4n) is 2.27. The van der Waals surface area contributed by atoms with Gasteiger partial charge in [0, 0.05) is 28.8 Å². The SMILES string of the molecule is COCc1c(C(=O)OCC(=O)NC(=O)NC(C)C)sc2cccc(F)c12. The lowest BCUT2D eigenvalue weighted by molar-refractivity contribution is -0.123. The first-order valence-electron chi connectivity index (χ1n) is 7.79. The summed E-state index contributed by atoms with van der Waals surface area (Å²) in [5.41, 5.74) is 0.369. The van der Waals surface area contributed by atoms with Gasteiger partial charge >= 0.3 is 12.0 Å². The van der Waals surface area contributed by atoms with Gasteiger partial charge in [-0.2, -0.15) is 0 Å². The van der Waals surface area contributed by atoms with Crippen molar-refractivity contribution in [1.29, 1.82) is 0 Å². The Hall–Kier alpha value is -2.52. The Bertz CT molecular complexity index is 834. The number of thiophene rings is 1. The molecular weight excluding hydrogens is 363 g/mol. The number of imide groups is 1. The third kappa shape index (κ3) is 4.77. The minimum atomic E-state index is -0.780. The minimum absolute atomic E-state index is 0.0222. The predicted molar refractivity (Wildman–Crippen MR) is 94.6 cm³/mol. The molecule has 0 aliphatic rings. The second kappa shape index (κ2) is 8.72. The lowest BCUT2D eigenvalue weighted by Crippen LogP contribution is -2.44. The number of ether oxygens (including phenoxy) is 2. The Morgan fingerprint density at radius 2 is 2.00 bits per heavy atom. The van der Waals surface area contributed by atoms with Gasteiger partial charge in [-0.05, 0) is 26.0 Å². The summed E-state index contributed by atoms with van der Waals surface area (Å²) >= 11 is 1.05. The molecule has 2 rings (SSSR count). The average molecular weight is 382 g/mol. The lowest BCUT2D eigenvalue weighted by Gasteiger charge is -2.09. The van der Waals surface area contributed by atoms with Crippen molar-refractivity contribution in [3.05, 3.63) is 34.5 Å². The predicted octanol–water partition coefficient (Wildman–Crippen LogP) is 2.58. The Morgan fingerprint density at radius 1 is 1.27 bits per heavy atom. The van der Waals surface area contributed by atoms with Crippen LogP contribution in [-0.2, 0) is 20.9 Å². The van der Waals surface area contributed by atoms with Crippen LogP contribution in [0.3, 0.4) is 0 Å². The van der Waals surface area contributed by atoms with E-state index in [9.17, 15) is 18.8 Å². The van der Waals surface area contributed by atoms with Crippen LogP contribution in [0.2, 0.25) is 0 Å². The average Bonchev–Trinajstić information content (AvgIpc) is 2.92. The molecule has 26 heavy (non-hydrogen) atoms. The highest BCUT2D eigenvalue weighted by Crippen LogP contribution is 2.34. The van der Waals surface area contributed by atoms with Gasteiger partial charge in [0.15, 0.2) is 6.61 Å². The Morgan fingerprint density at radius 3 is 2.65 bits per heavy atom. The molecule has 0 saturated carbocycles. The highest BCUT2D eigenvalue weighted by atomic mass is 32.1. The van der Waals surface area contributed by atoms with Gasteiger partial charge in [0.2, 0.25) is 0 Å². The van der Waals surface area contributed by atoms with Crippen molar-refractivity contribution >= 4 is 39.3 Å². The molecule has 0 fully saturated rings. The summed E-state index contributed by atoms with van der Waals surface area (Å²) in [6.07, 6.45) is 0. The molecule has 0 spiro atoms. The zero-order chi connectivity index (χ0) is 19.3. The largest absolute Gasteiger partial charge is 0.451 e. The smallest absolute Gasteiger partial charge is 0.349 e. The summed E-state index contributed by atoms with van der Waals surface area (Å²) in [5.74, 6) is -2.01. The zero-order valence-electron chi connectivity index (χ0n) is 14.6. The van der Waals surface area contributed by atoms with Gasteiger partial charge in [-0.25, -0.2) is 14.0 Å². The summed E-state index contributed by atoms with van der Waals surface area (Å²) in [7, 11) is 1.43. The molecule has 0 saturated heterocycles. The van der Waals surface area contributed by atoms with E-state index in [4.69, 9.17) is 9.47 Å². The number of amides is 3. The highest BCUT2D eigenvalue weighted by molar-refractivity contribution is 7.21. The maximum Gasteiger partial charge on any atom is 0.349 e. The van der Waals surface area contributed by atoms with Crippen LogP contribution in [0.5, 0.6) is 0 Å². The number of hydrogen-bond donors (Lipinski definition) is 2. The molecule has 9 heteroatoms. The summed E-state index contributed by atoms with van der Waals surface area (Å²) in [6, 6.07) is 3.70. The first-order chi connectivity index (χ1) is 12.3. The molecule has 0 aliphatic carbocycles. The van der Waals surface area contributed by atoms with Crippen molar-refractivity contribution in [3.63, 3.8) is 0 Å². The Labute approximate surface area is 153 Å². The van der Waals surface area contributed by atoms with Crippen LogP contribution in [0.25, 0.3) is 10.1 Å². The number of methoxy groups -OCH3 is 1. The number of esters is 1.